The highest BCUT2D eigenvalue weighted by molar-refractivity contribution is 5.57. The Labute approximate surface area is 149 Å². The Morgan fingerprint density at radius 1 is 1.17 bits per heavy atom. The summed E-state index contributed by atoms with van der Waals surface area (Å²) in [5.41, 5.74) is 8.78. The lowest BCUT2D eigenvalue weighted by atomic mass is 10.00. The SMILES string of the molecule is CC.COc1cc(C)ccc1NNC(C)(C)CCCOCC(C)C. The third-order valence-electron chi connectivity index (χ3n) is 3.43. The van der Waals surface area contributed by atoms with Crippen LogP contribution in [0.5, 0.6) is 5.75 Å². The summed E-state index contributed by atoms with van der Waals surface area (Å²) in [6.45, 7) is 16.4. The standard InChI is InChI=1S/C18H32N2O2.C2H6/c1-14(2)13-22-11-7-10-18(4,5)20-19-16-9-8-15(3)12-17(16)21-6;1-2/h8-9,12,14,19-20H,7,10-11,13H2,1-6H3;1-2H3. The van der Waals surface area contributed by atoms with E-state index < -0.39 is 0 Å². The number of ether oxygens (including phenoxy) is 2. The van der Waals surface area contributed by atoms with Crippen LogP contribution in [0.1, 0.15) is 59.9 Å². The normalized spacial score (nSPS) is 11.0. The van der Waals surface area contributed by atoms with Crippen LogP contribution in [0.3, 0.4) is 0 Å². The number of hydrogen-bond acceptors (Lipinski definition) is 4. The molecule has 1 rings (SSSR count). The zero-order valence-corrected chi connectivity index (χ0v) is 17.0. The number of hydrogen-bond donors (Lipinski definition) is 2. The maximum Gasteiger partial charge on any atom is 0.143 e. The molecule has 0 aliphatic carbocycles. The molecule has 0 spiro atoms. The van der Waals surface area contributed by atoms with Gasteiger partial charge in [0, 0.05) is 18.8 Å². The lowest BCUT2D eigenvalue weighted by Crippen LogP contribution is -2.43. The Balaban J connectivity index is 0.00000254. The fourth-order valence-electron chi connectivity index (χ4n) is 2.14. The molecule has 140 valence electrons. The minimum absolute atomic E-state index is 0.0168. The molecule has 0 unspecified atom stereocenters. The van der Waals surface area contributed by atoms with Crippen molar-refractivity contribution in [3.8, 4) is 5.75 Å². The van der Waals surface area contributed by atoms with Gasteiger partial charge >= 0.3 is 0 Å². The number of hydrazine groups is 1. The van der Waals surface area contributed by atoms with Gasteiger partial charge in [-0.3, -0.25) is 0 Å². The fourth-order valence-corrected chi connectivity index (χ4v) is 2.14. The molecule has 0 amide bonds. The molecule has 0 aromatic heterocycles. The second-order valence-corrected chi connectivity index (χ2v) is 6.91. The molecule has 0 saturated heterocycles. The first kappa shape index (κ1) is 22.7. The van der Waals surface area contributed by atoms with Crippen LogP contribution in [-0.2, 0) is 4.74 Å². The highest BCUT2D eigenvalue weighted by Gasteiger charge is 2.17. The van der Waals surface area contributed by atoms with Crippen LogP contribution in [0, 0.1) is 12.8 Å². The molecule has 0 fully saturated rings. The van der Waals surface area contributed by atoms with Crippen molar-refractivity contribution < 1.29 is 9.47 Å². The van der Waals surface area contributed by atoms with Crippen molar-refractivity contribution in [1.82, 2.24) is 5.43 Å². The van der Waals surface area contributed by atoms with Crippen LogP contribution in [0.25, 0.3) is 0 Å². The molecule has 0 atom stereocenters. The fraction of sp³-hybridized carbons (Fsp3) is 0.700. The maximum absolute atomic E-state index is 5.63. The number of aryl methyl sites for hydroxylation is 1. The molecule has 0 aliphatic heterocycles. The molecule has 4 heteroatoms. The molecule has 1 aromatic carbocycles. The van der Waals surface area contributed by atoms with E-state index in [1.807, 2.05) is 26.0 Å². The van der Waals surface area contributed by atoms with Crippen LogP contribution in [-0.4, -0.2) is 25.9 Å². The molecule has 24 heavy (non-hydrogen) atoms. The maximum atomic E-state index is 5.63. The van der Waals surface area contributed by atoms with Gasteiger partial charge in [-0.15, -0.1) is 0 Å². The monoisotopic (exact) mass is 338 g/mol. The molecule has 2 N–H and O–H groups in total. The van der Waals surface area contributed by atoms with E-state index in [4.69, 9.17) is 9.47 Å². The Kier molecular flexibility index (Phi) is 11.5. The van der Waals surface area contributed by atoms with Gasteiger partial charge in [-0.05, 0) is 57.2 Å². The quantitative estimate of drug-likeness (QED) is 0.456. The Hall–Kier alpha value is -1.26. The van der Waals surface area contributed by atoms with E-state index in [0.29, 0.717) is 5.92 Å². The van der Waals surface area contributed by atoms with Crippen LogP contribution < -0.4 is 15.6 Å². The van der Waals surface area contributed by atoms with E-state index in [2.05, 4.69) is 51.5 Å². The number of benzene rings is 1. The minimum atomic E-state index is -0.0168. The number of anilines is 1. The van der Waals surface area contributed by atoms with Gasteiger partial charge in [0.1, 0.15) is 5.75 Å². The van der Waals surface area contributed by atoms with Crippen molar-refractivity contribution in [1.29, 1.82) is 0 Å². The first-order valence-corrected chi connectivity index (χ1v) is 9.09. The summed E-state index contributed by atoms with van der Waals surface area (Å²) in [4.78, 5) is 0. The smallest absolute Gasteiger partial charge is 0.143 e. The van der Waals surface area contributed by atoms with Gasteiger partial charge in [-0.2, -0.15) is 0 Å². The van der Waals surface area contributed by atoms with Crippen LogP contribution in [0.15, 0.2) is 18.2 Å². The van der Waals surface area contributed by atoms with E-state index in [-0.39, 0.29) is 5.54 Å². The lowest BCUT2D eigenvalue weighted by Gasteiger charge is -2.27. The highest BCUT2D eigenvalue weighted by atomic mass is 16.5. The Bertz CT molecular complexity index is 445. The van der Waals surface area contributed by atoms with E-state index in [1.165, 1.54) is 5.56 Å². The highest BCUT2D eigenvalue weighted by Crippen LogP contribution is 2.25. The second kappa shape index (κ2) is 12.2. The predicted octanol–water partition coefficient (Wildman–Crippen LogP) is 5.18. The average molecular weight is 339 g/mol. The molecular formula is C20H38N2O2. The summed E-state index contributed by atoms with van der Waals surface area (Å²) in [6.07, 6.45) is 2.08. The van der Waals surface area contributed by atoms with Gasteiger partial charge in [0.2, 0.25) is 0 Å². The van der Waals surface area contributed by atoms with Crippen molar-refractivity contribution >= 4 is 5.69 Å². The van der Waals surface area contributed by atoms with Crippen molar-refractivity contribution in [2.75, 3.05) is 25.7 Å². The molecule has 0 saturated carbocycles. The first-order chi connectivity index (χ1) is 11.3. The minimum Gasteiger partial charge on any atom is -0.495 e. The van der Waals surface area contributed by atoms with E-state index >= 15 is 0 Å². The number of nitrogens with one attached hydrogen (secondary N) is 2. The van der Waals surface area contributed by atoms with Gasteiger partial charge in [0.05, 0.1) is 12.8 Å². The summed E-state index contributed by atoms with van der Waals surface area (Å²) in [6, 6.07) is 6.12. The van der Waals surface area contributed by atoms with E-state index in [1.54, 1.807) is 7.11 Å². The second-order valence-electron chi connectivity index (χ2n) is 6.91. The summed E-state index contributed by atoms with van der Waals surface area (Å²) in [5.74, 6) is 1.45. The third kappa shape index (κ3) is 9.78. The van der Waals surface area contributed by atoms with Crippen molar-refractivity contribution in [2.24, 2.45) is 5.92 Å². The molecule has 1 aromatic rings. The molecule has 0 heterocycles. The van der Waals surface area contributed by atoms with Gasteiger partial charge in [0.25, 0.3) is 0 Å². The zero-order valence-electron chi connectivity index (χ0n) is 17.0. The van der Waals surface area contributed by atoms with E-state index in [9.17, 15) is 0 Å². The molecule has 4 nitrogen and oxygen atoms in total. The first-order valence-electron chi connectivity index (χ1n) is 9.09. The van der Waals surface area contributed by atoms with Crippen molar-refractivity contribution in [3.63, 3.8) is 0 Å². The van der Waals surface area contributed by atoms with Crippen LogP contribution in [0.2, 0.25) is 0 Å². The van der Waals surface area contributed by atoms with Gasteiger partial charge in [0.15, 0.2) is 0 Å². The summed E-state index contributed by atoms with van der Waals surface area (Å²) < 4.78 is 11.0. The topological polar surface area (TPSA) is 42.5 Å². The van der Waals surface area contributed by atoms with Gasteiger partial charge in [-0.25, -0.2) is 5.43 Å². The van der Waals surface area contributed by atoms with E-state index in [0.717, 1.165) is 37.5 Å². The van der Waals surface area contributed by atoms with Crippen LogP contribution >= 0.6 is 0 Å². The lowest BCUT2D eigenvalue weighted by molar-refractivity contribution is 0.102. The third-order valence-corrected chi connectivity index (χ3v) is 3.43. The molecule has 0 radical (unpaired) electrons. The van der Waals surface area contributed by atoms with Gasteiger partial charge in [-0.1, -0.05) is 33.8 Å². The number of methoxy groups -OCH3 is 1. The summed E-state index contributed by atoms with van der Waals surface area (Å²) in [7, 11) is 1.69. The number of rotatable bonds is 10. The van der Waals surface area contributed by atoms with Crippen LogP contribution in [0.4, 0.5) is 5.69 Å². The summed E-state index contributed by atoms with van der Waals surface area (Å²) >= 11 is 0. The Morgan fingerprint density at radius 3 is 2.42 bits per heavy atom. The average Bonchev–Trinajstić information content (AvgIpc) is 2.54. The Morgan fingerprint density at radius 2 is 1.83 bits per heavy atom. The molecular weight excluding hydrogens is 300 g/mol. The summed E-state index contributed by atoms with van der Waals surface area (Å²) in [5, 5.41) is 0. The molecule has 0 aliphatic rings. The largest absolute Gasteiger partial charge is 0.495 e. The predicted molar refractivity (Wildman–Crippen MR) is 105 cm³/mol. The van der Waals surface area contributed by atoms with Crippen molar-refractivity contribution in [2.45, 2.75) is 66.8 Å². The van der Waals surface area contributed by atoms with Crippen molar-refractivity contribution in [3.05, 3.63) is 23.8 Å². The van der Waals surface area contributed by atoms with Gasteiger partial charge < -0.3 is 14.9 Å². The zero-order chi connectivity index (χ0) is 18.6. The molecule has 0 bridgehead atoms.